The molecule has 42 heavy (non-hydrogen) atoms. The van der Waals surface area contributed by atoms with E-state index in [2.05, 4.69) is 46.9 Å². The van der Waals surface area contributed by atoms with Gasteiger partial charge in [0.1, 0.15) is 17.5 Å². The SMILES string of the molecule is CCCNc1nccc2ccc(C(=O)N[C@@H](Cc3cc(F)cc(F)c3)[C@H](O)CNCc3cccc(CC)c3)cc12.Cl.Cl. The van der Waals surface area contributed by atoms with Crippen molar-refractivity contribution in [2.24, 2.45) is 0 Å². The van der Waals surface area contributed by atoms with Crippen LogP contribution in [-0.4, -0.2) is 41.2 Å². The van der Waals surface area contributed by atoms with Gasteiger partial charge in [0.05, 0.1) is 12.1 Å². The first-order valence-corrected chi connectivity index (χ1v) is 13.7. The van der Waals surface area contributed by atoms with Crippen molar-refractivity contribution < 1.29 is 18.7 Å². The Hall–Kier alpha value is -3.30. The number of nitrogens with zero attached hydrogens (tertiary/aromatic N) is 1. The summed E-state index contributed by atoms with van der Waals surface area (Å²) in [5.41, 5.74) is 3.03. The van der Waals surface area contributed by atoms with Gasteiger partial charge in [0.2, 0.25) is 0 Å². The highest BCUT2D eigenvalue weighted by atomic mass is 35.5. The van der Waals surface area contributed by atoms with E-state index < -0.39 is 29.7 Å². The van der Waals surface area contributed by atoms with Crippen LogP contribution >= 0.6 is 24.8 Å². The van der Waals surface area contributed by atoms with Gasteiger partial charge in [0.15, 0.2) is 0 Å². The Morgan fingerprint density at radius 1 is 0.929 bits per heavy atom. The summed E-state index contributed by atoms with van der Waals surface area (Å²) in [6.07, 6.45) is 2.60. The second-order valence-electron chi connectivity index (χ2n) is 9.96. The number of aromatic nitrogens is 1. The highest BCUT2D eigenvalue weighted by molar-refractivity contribution is 6.01. The zero-order chi connectivity index (χ0) is 28.5. The lowest BCUT2D eigenvalue weighted by atomic mass is 9.99. The Balaban J connectivity index is 0.00000308. The highest BCUT2D eigenvalue weighted by Gasteiger charge is 2.23. The number of amides is 1. The average Bonchev–Trinajstić information content (AvgIpc) is 2.95. The molecular weight excluding hydrogens is 581 g/mol. The number of hydrogen-bond donors (Lipinski definition) is 4. The molecule has 1 amide bonds. The molecule has 0 spiro atoms. The molecule has 0 bridgehead atoms. The first-order chi connectivity index (χ1) is 19.4. The van der Waals surface area contributed by atoms with Crippen molar-refractivity contribution in [3.63, 3.8) is 0 Å². The van der Waals surface area contributed by atoms with E-state index in [0.29, 0.717) is 23.5 Å². The van der Waals surface area contributed by atoms with Crippen LogP contribution in [0.2, 0.25) is 0 Å². The van der Waals surface area contributed by atoms with Gasteiger partial charge in [-0.15, -0.1) is 24.8 Å². The quantitative estimate of drug-likeness (QED) is 0.143. The number of fused-ring (bicyclic) bond motifs is 1. The minimum absolute atomic E-state index is 0. The Morgan fingerprint density at radius 2 is 1.67 bits per heavy atom. The van der Waals surface area contributed by atoms with Crippen LogP contribution in [0.25, 0.3) is 10.8 Å². The number of pyridine rings is 1. The maximum Gasteiger partial charge on any atom is 0.251 e. The lowest BCUT2D eigenvalue weighted by Crippen LogP contribution is -2.48. The van der Waals surface area contributed by atoms with Crippen LogP contribution in [0.5, 0.6) is 0 Å². The van der Waals surface area contributed by atoms with Crippen LogP contribution in [0.4, 0.5) is 14.6 Å². The summed E-state index contributed by atoms with van der Waals surface area (Å²) >= 11 is 0. The van der Waals surface area contributed by atoms with Crippen molar-refractivity contribution in [3.8, 4) is 0 Å². The molecule has 0 aliphatic carbocycles. The summed E-state index contributed by atoms with van der Waals surface area (Å²) in [6, 6.07) is 17.8. The highest BCUT2D eigenvalue weighted by Crippen LogP contribution is 2.23. The summed E-state index contributed by atoms with van der Waals surface area (Å²) in [6.45, 7) is 5.60. The van der Waals surface area contributed by atoms with Crippen LogP contribution in [0.15, 0.2) is 72.9 Å². The van der Waals surface area contributed by atoms with Gasteiger partial charge in [-0.1, -0.05) is 44.2 Å². The monoisotopic (exact) mass is 618 g/mol. The summed E-state index contributed by atoms with van der Waals surface area (Å²) < 4.78 is 27.8. The Labute approximate surface area is 258 Å². The fraction of sp³-hybridized carbons (Fsp3) is 0.312. The van der Waals surface area contributed by atoms with Crippen molar-refractivity contribution in [1.82, 2.24) is 15.6 Å². The van der Waals surface area contributed by atoms with Gasteiger partial charge in [-0.05, 0) is 71.7 Å². The van der Waals surface area contributed by atoms with E-state index in [1.165, 1.54) is 17.7 Å². The van der Waals surface area contributed by atoms with Gasteiger partial charge in [-0.25, -0.2) is 13.8 Å². The third kappa shape index (κ3) is 9.63. The van der Waals surface area contributed by atoms with Gasteiger partial charge < -0.3 is 21.1 Å². The van der Waals surface area contributed by atoms with Crippen LogP contribution in [0, 0.1) is 11.6 Å². The first kappa shape index (κ1) is 34.9. The van der Waals surface area contributed by atoms with Crippen LogP contribution in [-0.2, 0) is 19.4 Å². The molecule has 2 atom stereocenters. The smallest absolute Gasteiger partial charge is 0.251 e. The summed E-state index contributed by atoms with van der Waals surface area (Å²) in [5, 5.41) is 22.3. The lowest BCUT2D eigenvalue weighted by Gasteiger charge is -2.25. The number of hydrogen-bond acceptors (Lipinski definition) is 5. The van der Waals surface area contributed by atoms with Crippen molar-refractivity contribution in [3.05, 3.63) is 107 Å². The largest absolute Gasteiger partial charge is 0.390 e. The van der Waals surface area contributed by atoms with E-state index in [1.807, 2.05) is 24.3 Å². The number of anilines is 1. The molecule has 3 aromatic carbocycles. The third-order valence-electron chi connectivity index (χ3n) is 6.81. The van der Waals surface area contributed by atoms with Gasteiger partial charge in [-0.2, -0.15) is 0 Å². The molecule has 10 heteroatoms. The molecule has 0 aliphatic rings. The molecule has 1 aromatic heterocycles. The molecule has 1 heterocycles. The van der Waals surface area contributed by atoms with Crippen molar-refractivity contribution in [2.45, 2.75) is 51.8 Å². The van der Waals surface area contributed by atoms with Gasteiger partial charge >= 0.3 is 0 Å². The molecule has 4 aromatic rings. The number of aliphatic hydroxyl groups excluding tert-OH is 1. The topological polar surface area (TPSA) is 86.3 Å². The van der Waals surface area contributed by atoms with Crippen molar-refractivity contribution >= 4 is 47.3 Å². The van der Waals surface area contributed by atoms with E-state index in [-0.39, 0.29) is 37.8 Å². The second kappa shape index (κ2) is 17.0. The summed E-state index contributed by atoms with van der Waals surface area (Å²) in [4.78, 5) is 17.8. The van der Waals surface area contributed by atoms with Crippen LogP contribution < -0.4 is 16.0 Å². The lowest BCUT2D eigenvalue weighted by molar-refractivity contribution is 0.0830. The molecule has 4 rings (SSSR count). The zero-order valence-electron chi connectivity index (χ0n) is 23.7. The third-order valence-corrected chi connectivity index (χ3v) is 6.81. The van der Waals surface area contributed by atoms with Crippen molar-refractivity contribution in [1.29, 1.82) is 0 Å². The fourth-order valence-corrected chi connectivity index (χ4v) is 4.68. The molecule has 0 saturated heterocycles. The maximum atomic E-state index is 13.9. The molecule has 0 saturated carbocycles. The second-order valence-corrected chi connectivity index (χ2v) is 9.96. The minimum atomic E-state index is -1.02. The number of benzene rings is 3. The summed E-state index contributed by atoms with van der Waals surface area (Å²) in [5.74, 6) is -1.13. The molecule has 4 N–H and O–H groups in total. The molecule has 0 unspecified atom stereocenters. The predicted molar refractivity (Wildman–Crippen MR) is 170 cm³/mol. The van der Waals surface area contributed by atoms with E-state index in [4.69, 9.17) is 0 Å². The zero-order valence-corrected chi connectivity index (χ0v) is 25.3. The molecule has 0 radical (unpaired) electrons. The molecule has 0 aliphatic heterocycles. The summed E-state index contributed by atoms with van der Waals surface area (Å²) in [7, 11) is 0. The van der Waals surface area contributed by atoms with Crippen molar-refractivity contribution in [2.75, 3.05) is 18.4 Å². The van der Waals surface area contributed by atoms with E-state index in [1.54, 1.807) is 18.3 Å². The molecule has 0 fully saturated rings. The first-order valence-electron chi connectivity index (χ1n) is 13.7. The predicted octanol–water partition coefficient (Wildman–Crippen LogP) is 6.23. The number of aliphatic hydroxyl groups is 1. The number of nitrogens with one attached hydrogen (secondary N) is 3. The Bertz CT molecular complexity index is 1440. The number of halogens is 4. The molecule has 6 nitrogen and oxygen atoms in total. The van der Waals surface area contributed by atoms with Gasteiger partial charge in [0.25, 0.3) is 5.91 Å². The van der Waals surface area contributed by atoms with E-state index >= 15 is 0 Å². The number of carbonyl (C=O) groups excluding carboxylic acids is 1. The van der Waals surface area contributed by atoms with Crippen LogP contribution in [0.1, 0.15) is 47.3 Å². The minimum Gasteiger partial charge on any atom is -0.390 e. The number of aryl methyl sites for hydroxylation is 1. The maximum absolute atomic E-state index is 13.9. The molecular formula is C32H38Cl2F2N4O2. The normalized spacial score (nSPS) is 12.1. The number of carbonyl (C=O) groups is 1. The standard InChI is InChI=1S/C32H36F2N4O2.2ClH/c1-3-11-36-31-28-17-25(9-8-24(28)10-12-37-31)32(40)38-29(16-23-14-26(33)18-27(34)15-23)30(39)20-35-19-22-7-5-6-21(4-2)13-22;;/h5-10,12-15,17-18,29-30,35,39H,3-4,11,16,19-20H2,1-2H3,(H,36,37)(H,38,40);2*1H/t29-,30+;;/m0../s1. The average molecular weight is 620 g/mol. The van der Waals surface area contributed by atoms with E-state index in [0.717, 1.165) is 41.8 Å². The van der Waals surface area contributed by atoms with Crippen LogP contribution in [0.3, 0.4) is 0 Å². The fourth-order valence-electron chi connectivity index (χ4n) is 4.68. The Kier molecular flexibility index (Phi) is 14.1. The molecule has 226 valence electrons. The van der Waals surface area contributed by atoms with Gasteiger partial charge in [-0.3, -0.25) is 4.79 Å². The Morgan fingerprint density at radius 3 is 2.38 bits per heavy atom. The van der Waals surface area contributed by atoms with Gasteiger partial charge in [0, 0.05) is 42.8 Å². The van der Waals surface area contributed by atoms with E-state index in [9.17, 15) is 18.7 Å². The number of rotatable bonds is 13.